The molecule has 4 rings (SSSR count). The molecule has 0 aromatic heterocycles. The van der Waals surface area contributed by atoms with Crippen molar-refractivity contribution in [1.82, 2.24) is 0 Å². The minimum absolute atomic E-state index is 0.124. The summed E-state index contributed by atoms with van der Waals surface area (Å²) in [5.74, 6) is 0. The fourth-order valence-electron chi connectivity index (χ4n) is 3.05. The second-order valence-electron chi connectivity index (χ2n) is 4.88. The van der Waals surface area contributed by atoms with Crippen molar-refractivity contribution in [2.24, 2.45) is 10.4 Å². The summed E-state index contributed by atoms with van der Waals surface area (Å²) in [5.41, 5.74) is 4.87. The highest BCUT2D eigenvalue weighted by molar-refractivity contribution is 6.08. The molecule has 1 unspecified atom stereocenters. The van der Waals surface area contributed by atoms with E-state index in [9.17, 15) is 0 Å². The number of fused-ring (bicyclic) bond motifs is 1. The van der Waals surface area contributed by atoms with E-state index in [4.69, 9.17) is 4.99 Å². The summed E-state index contributed by atoms with van der Waals surface area (Å²) >= 11 is 0. The third-order valence-electron chi connectivity index (χ3n) is 3.91. The largest absolute Gasteiger partial charge is 0.252 e. The van der Waals surface area contributed by atoms with Crippen molar-refractivity contribution in [1.29, 1.82) is 0 Å². The highest BCUT2D eigenvalue weighted by Gasteiger charge is 2.39. The molecule has 4 aliphatic rings. The van der Waals surface area contributed by atoms with E-state index in [1.54, 1.807) is 0 Å². The summed E-state index contributed by atoms with van der Waals surface area (Å²) in [4.78, 5) is 4.85. The van der Waals surface area contributed by atoms with Crippen LogP contribution < -0.4 is 0 Å². The van der Waals surface area contributed by atoms with Gasteiger partial charge in [-0.25, -0.2) is 0 Å². The average molecular weight is 231 g/mol. The maximum atomic E-state index is 4.85. The number of rotatable bonds is 0. The van der Waals surface area contributed by atoms with Gasteiger partial charge in [0.05, 0.1) is 16.8 Å². The van der Waals surface area contributed by atoms with Crippen LogP contribution in [0.2, 0.25) is 0 Å². The van der Waals surface area contributed by atoms with Gasteiger partial charge in [-0.1, -0.05) is 54.7 Å². The van der Waals surface area contributed by atoms with Gasteiger partial charge in [0.15, 0.2) is 0 Å². The van der Waals surface area contributed by atoms with Crippen LogP contribution in [0.15, 0.2) is 88.7 Å². The van der Waals surface area contributed by atoms with E-state index < -0.39 is 0 Å². The predicted molar refractivity (Wildman–Crippen MR) is 75.3 cm³/mol. The Morgan fingerprint density at radius 2 is 1.78 bits per heavy atom. The van der Waals surface area contributed by atoms with Crippen molar-refractivity contribution in [3.05, 3.63) is 83.7 Å². The Bertz CT molecular complexity index is 650. The minimum atomic E-state index is -0.124. The van der Waals surface area contributed by atoms with Crippen LogP contribution >= 0.6 is 0 Å². The van der Waals surface area contributed by atoms with Crippen LogP contribution in [0.1, 0.15) is 6.42 Å². The van der Waals surface area contributed by atoms with Crippen LogP contribution in [0.25, 0.3) is 0 Å². The number of dihydropyridines is 1. The van der Waals surface area contributed by atoms with Crippen molar-refractivity contribution in [3.8, 4) is 0 Å². The summed E-state index contributed by atoms with van der Waals surface area (Å²) in [6, 6.07) is 0. The minimum Gasteiger partial charge on any atom is -0.252 e. The zero-order valence-corrected chi connectivity index (χ0v) is 10.0. The molecule has 3 aliphatic carbocycles. The third-order valence-corrected chi connectivity index (χ3v) is 3.91. The van der Waals surface area contributed by atoms with Gasteiger partial charge < -0.3 is 0 Å². The molecule has 0 aromatic rings. The fraction of sp³-hybridized carbons (Fsp3) is 0.118. The molecule has 1 nitrogen and oxygen atoms in total. The Kier molecular flexibility index (Phi) is 1.87. The van der Waals surface area contributed by atoms with Crippen LogP contribution in [0.3, 0.4) is 0 Å². The van der Waals surface area contributed by atoms with Gasteiger partial charge in [0.1, 0.15) is 0 Å². The van der Waals surface area contributed by atoms with Gasteiger partial charge in [-0.3, -0.25) is 4.99 Å². The third kappa shape index (κ3) is 1.14. The van der Waals surface area contributed by atoms with Gasteiger partial charge >= 0.3 is 0 Å². The van der Waals surface area contributed by atoms with Crippen molar-refractivity contribution < 1.29 is 0 Å². The van der Waals surface area contributed by atoms with Gasteiger partial charge in [-0.15, -0.1) is 0 Å². The molecule has 0 saturated heterocycles. The summed E-state index contributed by atoms with van der Waals surface area (Å²) in [6.07, 6.45) is 24.7. The first-order chi connectivity index (χ1) is 8.90. The Labute approximate surface area is 107 Å². The Morgan fingerprint density at radius 1 is 0.944 bits per heavy atom. The molecule has 1 atom stereocenters. The summed E-state index contributed by atoms with van der Waals surface area (Å²) < 4.78 is 0. The Balaban J connectivity index is 2.04. The highest BCUT2D eigenvalue weighted by atomic mass is 14.8. The van der Waals surface area contributed by atoms with Crippen LogP contribution in [-0.4, -0.2) is 5.71 Å². The molecule has 86 valence electrons. The predicted octanol–water partition coefficient (Wildman–Crippen LogP) is 3.82. The van der Waals surface area contributed by atoms with E-state index in [-0.39, 0.29) is 5.41 Å². The van der Waals surface area contributed by atoms with E-state index in [1.165, 1.54) is 11.1 Å². The SMILES string of the molecule is C1=CCC2=C3C=CC=CC34C=CC=CC4=NC2=C1. The normalized spacial score (nSPS) is 30.7. The molecule has 0 aromatic carbocycles. The first kappa shape index (κ1) is 9.84. The van der Waals surface area contributed by atoms with Crippen molar-refractivity contribution in [2.45, 2.75) is 6.42 Å². The topological polar surface area (TPSA) is 12.4 Å². The molecule has 1 aliphatic heterocycles. The quantitative estimate of drug-likeness (QED) is 0.601. The van der Waals surface area contributed by atoms with Gasteiger partial charge in [0.25, 0.3) is 0 Å². The highest BCUT2D eigenvalue weighted by Crippen LogP contribution is 2.46. The van der Waals surface area contributed by atoms with E-state index in [1.807, 2.05) is 0 Å². The Morgan fingerprint density at radius 3 is 2.67 bits per heavy atom. The van der Waals surface area contributed by atoms with Crippen LogP contribution in [0.4, 0.5) is 0 Å². The zero-order chi connectivity index (χ0) is 12.0. The monoisotopic (exact) mass is 231 g/mol. The molecule has 0 amide bonds. The molecule has 0 saturated carbocycles. The van der Waals surface area contributed by atoms with Gasteiger partial charge in [0.2, 0.25) is 0 Å². The van der Waals surface area contributed by atoms with Gasteiger partial charge in [-0.05, 0) is 29.7 Å². The van der Waals surface area contributed by atoms with Gasteiger partial charge in [-0.2, -0.15) is 0 Å². The number of hydrogen-bond acceptors (Lipinski definition) is 1. The first-order valence-corrected chi connectivity index (χ1v) is 6.32. The van der Waals surface area contributed by atoms with E-state index in [0.29, 0.717) is 0 Å². The molecule has 0 N–H and O–H groups in total. The van der Waals surface area contributed by atoms with Crippen molar-refractivity contribution in [2.75, 3.05) is 0 Å². The van der Waals surface area contributed by atoms with Crippen LogP contribution in [0, 0.1) is 5.41 Å². The van der Waals surface area contributed by atoms with E-state index >= 15 is 0 Å². The van der Waals surface area contributed by atoms with Gasteiger partial charge in [0, 0.05) is 0 Å². The molecule has 0 radical (unpaired) electrons. The molecular formula is C17H13N. The summed E-state index contributed by atoms with van der Waals surface area (Å²) in [5, 5.41) is 0. The number of nitrogens with zero attached hydrogens (tertiary/aromatic N) is 1. The summed E-state index contributed by atoms with van der Waals surface area (Å²) in [7, 11) is 0. The second-order valence-corrected chi connectivity index (χ2v) is 4.88. The smallest absolute Gasteiger partial charge is 0.0745 e. The zero-order valence-electron chi connectivity index (χ0n) is 10.0. The molecule has 1 spiro atoms. The number of hydrogen-bond donors (Lipinski definition) is 0. The number of aliphatic imine (C=N–C) groups is 1. The fourth-order valence-corrected chi connectivity index (χ4v) is 3.05. The Hall–Kier alpha value is -2.15. The molecule has 1 heteroatoms. The van der Waals surface area contributed by atoms with E-state index in [0.717, 1.165) is 17.8 Å². The van der Waals surface area contributed by atoms with Crippen molar-refractivity contribution >= 4 is 5.71 Å². The average Bonchev–Trinajstić information content (AvgIpc) is 2.44. The maximum Gasteiger partial charge on any atom is 0.0745 e. The molecule has 18 heavy (non-hydrogen) atoms. The lowest BCUT2D eigenvalue weighted by molar-refractivity contribution is 0.784. The lowest BCUT2D eigenvalue weighted by Crippen LogP contribution is -2.34. The molecule has 0 fully saturated rings. The summed E-state index contributed by atoms with van der Waals surface area (Å²) in [6.45, 7) is 0. The lowest BCUT2D eigenvalue weighted by Gasteiger charge is -2.38. The standard InChI is InChI=1S/C17H13N/c1-2-9-15-13(7-1)14-8-3-5-11-17(14)12-6-4-10-16(17)18-15/h1-6,8-12H,7H2. The maximum absolute atomic E-state index is 4.85. The van der Waals surface area contributed by atoms with E-state index in [2.05, 4.69) is 66.8 Å². The van der Waals surface area contributed by atoms with Crippen molar-refractivity contribution in [3.63, 3.8) is 0 Å². The molecule has 1 heterocycles. The van der Waals surface area contributed by atoms with Crippen LogP contribution in [0.5, 0.6) is 0 Å². The second kappa shape index (κ2) is 3.42. The number of allylic oxidation sites excluding steroid dienone is 13. The van der Waals surface area contributed by atoms with Crippen LogP contribution in [-0.2, 0) is 0 Å². The molecular weight excluding hydrogens is 218 g/mol. The first-order valence-electron chi connectivity index (χ1n) is 6.32. The molecule has 0 bridgehead atoms. The lowest BCUT2D eigenvalue weighted by atomic mass is 9.67.